The molecule has 1 fully saturated rings. The van der Waals surface area contributed by atoms with E-state index >= 15 is 0 Å². The fourth-order valence-electron chi connectivity index (χ4n) is 3.34. The Balaban J connectivity index is 1.58. The number of benzene rings is 2. The van der Waals surface area contributed by atoms with Gasteiger partial charge in [-0.15, -0.1) is 0 Å². The molecule has 2 amide bonds. The number of ether oxygens (including phenoxy) is 2. The van der Waals surface area contributed by atoms with Crippen molar-refractivity contribution in [1.82, 2.24) is 5.32 Å². The van der Waals surface area contributed by atoms with Crippen LogP contribution in [0.4, 0.5) is 5.69 Å². The van der Waals surface area contributed by atoms with Crippen LogP contribution in [0, 0.1) is 0 Å². The number of methoxy groups -OCH3 is 1. The van der Waals surface area contributed by atoms with Gasteiger partial charge >= 0.3 is 5.97 Å². The summed E-state index contributed by atoms with van der Waals surface area (Å²) in [5, 5.41) is 2.52. The highest BCUT2D eigenvalue weighted by Gasteiger charge is 2.34. The van der Waals surface area contributed by atoms with Crippen LogP contribution >= 0.6 is 12.2 Å². The molecule has 34 heavy (non-hydrogen) atoms. The van der Waals surface area contributed by atoms with Gasteiger partial charge in [0.25, 0.3) is 11.8 Å². The van der Waals surface area contributed by atoms with Crippen LogP contribution in [0.3, 0.4) is 0 Å². The first kappa shape index (κ1) is 22.9. The number of anilines is 1. The summed E-state index contributed by atoms with van der Waals surface area (Å²) in [5.74, 6) is -0.150. The molecule has 0 spiro atoms. The molecule has 8 nitrogen and oxygen atoms in total. The third-order valence-corrected chi connectivity index (χ3v) is 5.31. The van der Waals surface area contributed by atoms with Crippen molar-refractivity contribution in [2.45, 2.75) is 6.92 Å². The molecule has 1 aliphatic heterocycles. The second-order valence-corrected chi connectivity index (χ2v) is 7.54. The van der Waals surface area contributed by atoms with E-state index in [1.165, 1.54) is 11.0 Å². The smallest absolute Gasteiger partial charge is 0.338 e. The molecule has 4 rings (SSSR count). The summed E-state index contributed by atoms with van der Waals surface area (Å²) < 4.78 is 15.9. The van der Waals surface area contributed by atoms with Crippen molar-refractivity contribution in [1.29, 1.82) is 0 Å². The van der Waals surface area contributed by atoms with Crippen molar-refractivity contribution in [2.75, 3.05) is 18.6 Å². The summed E-state index contributed by atoms with van der Waals surface area (Å²) in [6.45, 7) is 2.04. The number of amides is 2. The van der Waals surface area contributed by atoms with Crippen LogP contribution in [-0.2, 0) is 14.3 Å². The van der Waals surface area contributed by atoms with Gasteiger partial charge in [-0.1, -0.05) is 12.1 Å². The molecule has 2 aromatic carbocycles. The van der Waals surface area contributed by atoms with Crippen molar-refractivity contribution >= 4 is 46.9 Å². The minimum absolute atomic E-state index is 0.0147. The first-order valence-corrected chi connectivity index (χ1v) is 10.7. The average Bonchev–Trinajstić information content (AvgIpc) is 3.31. The second-order valence-electron chi connectivity index (χ2n) is 7.16. The number of rotatable bonds is 6. The van der Waals surface area contributed by atoms with E-state index in [1.807, 2.05) is 0 Å². The number of hydrogen-bond acceptors (Lipinski definition) is 7. The Kier molecular flexibility index (Phi) is 6.55. The van der Waals surface area contributed by atoms with Crippen molar-refractivity contribution in [3.8, 4) is 17.1 Å². The van der Waals surface area contributed by atoms with Crippen molar-refractivity contribution < 1.29 is 28.3 Å². The monoisotopic (exact) mass is 476 g/mol. The molecule has 1 N–H and O–H groups in total. The minimum Gasteiger partial charge on any atom is -0.497 e. The maximum atomic E-state index is 13.1. The lowest BCUT2D eigenvalue weighted by Gasteiger charge is -2.28. The van der Waals surface area contributed by atoms with Crippen molar-refractivity contribution in [2.24, 2.45) is 0 Å². The van der Waals surface area contributed by atoms with Gasteiger partial charge in [0, 0.05) is 5.56 Å². The van der Waals surface area contributed by atoms with E-state index in [1.54, 1.807) is 74.7 Å². The van der Waals surface area contributed by atoms with Gasteiger partial charge in [0.15, 0.2) is 5.11 Å². The van der Waals surface area contributed by atoms with Crippen molar-refractivity contribution in [3.63, 3.8) is 0 Å². The number of hydrogen-bond donors (Lipinski definition) is 1. The third-order valence-electron chi connectivity index (χ3n) is 5.03. The standard InChI is InChI=1S/C25H20N2O6S/c1-3-32-24(30)16-6-4-15(5-7-16)21-13-12-19(33-21)14-20-22(28)26-25(34)27(23(20)29)17-8-10-18(31-2)11-9-17/h4-14H,3H2,1-2H3,(H,26,28,34). The number of nitrogens with one attached hydrogen (secondary N) is 1. The van der Waals surface area contributed by atoms with Gasteiger partial charge in [0.2, 0.25) is 0 Å². The molecular formula is C25H20N2O6S. The Hall–Kier alpha value is -4.24. The molecule has 172 valence electrons. The van der Waals surface area contributed by atoms with Gasteiger partial charge in [0.1, 0.15) is 22.8 Å². The molecular weight excluding hydrogens is 456 g/mol. The van der Waals surface area contributed by atoms with Crippen LogP contribution in [0.25, 0.3) is 17.4 Å². The SMILES string of the molecule is CCOC(=O)c1ccc(-c2ccc(C=C3C(=O)NC(=S)N(c4ccc(OC)cc4)C3=O)o2)cc1. The summed E-state index contributed by atoms with van der Waals surface area (Å²) in [6, 6.07) is 16.8. The highest BCUT2D eigenvalue weighted by Crippen LogP contribution is 2.27. The molecule has 0 aliphatic carbocycles. The maximum absolute atomic E-state index is 13.1. The molecule has 9 heteroatoms. The van der Waals surface area contributed by atoms with E-state index in [0.717, 1.165) is 5.56 Å². The predicted octanol–water partition coefficient (Wildman–Crippen LogP) is 3.96. The normalized spacial score (nSPS) is 14.8. The molecule has 0 saturated carbocycles. The zero-order chi connectivity index (χ0) is 24.2. The average molecular weight is 477 g/mol. The topological polar surface area (TPSA) is 98.1 Å². The van der Waals surface area contributed by atoms with Crippen LogP contribution in [-0.4, -0.2) is 36.6 Å². The largest absolute Gasteiger partial charge is 0.497 e. The molecule has 0 radical (unpaired) electrons. The highest BCUT2D eigenvalue weighted by molar-refractivity contribution is 7.80. The van der Waals surface area contributed by atoms with E-state index in [-0.39, 0.29) is 10.7 Å². The Morgan fingerprint density at radius 3 is 2.41 bits per heavy atom. The van der Waals surface area contributed by atoms with Crippen LogP contribution in [0.1, 0.15) is 23.0 Å². The molecule has 0 unspecified atom stereocenters. The first-order chi connectivity index (χ1) is 16.4. The maximum Gasteiger partial charge on any atom is 0.338 e. The Morgan fingerprint density at radius 2 is 1.76 bits per heavy atom. The lowest BCUT2D eigenvalue weighted by molar-refractivity contribution is -0.122. The number of thiocarbonyl (C=S) groups is 1. The molecule has 1 saturated heterocycles. The number of furan rings is 1. The van der Waals surface area contributed by atoms with E-state index in [4.69, 9.17) is 26.1 Å². The number of carbonyl (C=O) groups excluding carboxylic acids is 3. The quantitative estimate of drug-likeness (QED) is 0.249. The van der Waals surface area contributed by atoms with Gasteiger partial charge in [-0.05, 0) is 73.7 Å². The zero-order valence-electron chi connectivity index (χ0n) is 18.4. The lowest BCUT2D eigenvalue weighted by atomic mass is 10.1. The van der Waals surface area contributed by atoms with Gasteiger partial charge in [-0.2, -0.15) is 0 Å². The van der Waals surface area contributed by atoms with E-state index in [2.05, 4.69) is 5.32 Å². The van der Waals surface area contributed by atoms with Gasteiger partial charge in [-0.3, -0.25) is 19.8 Å². The van der Waals surface area contributed by atoms with Crippen LogP contribution in [0.2, 0.25) is 0 Å². The Bertz CT molecular complexity index is 1290. The van der Waals surface area contributed by atoms with E-state index in [9.17, 15) is 14.4 Å². The molecule has 0 bridgehead atoms. The molecule has 1 aromatic heterocycles. The van der Waals surface area contributed by atoms with E-state index in [0.29, 0.717) is 35.1 Å². The number of esters is 1. The number of nitrogens with zero attached hydrogens (tertiary/aromatic N) is 1. The number of carbonyl (C=O) groups is 3. The predicted molar refractivity (Wildman–Crippen MR) is 129 cm³/mol. The van der Waals surface area contributed by atoms with Crippen LogP contribution in [0.5, 0.6) is 5.75 Å². The summed E-state index contributed by atoms with van der Waals surface area (Å²) in [4.78, 5) is 38.7. The summed E-state index contributed by atoms with van der Waals surface area (Å²) in [6.07, 6.45) is 1.37. The zero-order valence-corrected chi connectivity index (χ0v) is 19.2. The summed E-state index contributed by atoms with van der Waals surface area (Å²) in [7, 11) is 1.54. The fourth-order valence-corrected chi connectivity index (χ4v) is 3.62. The van der Waals surface area contributed by atoms with Gasteiger partial charge < -0.3 is 13.9 Å². The molecule has 2 heterocycles. The van der Waals surface area contributed by atoms with Crippen molar-refractivity contribution in [3.05, 3.63) is 77.6 Å². The van der Waals surface area contributed by atoms with E-state index < -0.39 is 17.8 Å². The third kappa shape index (κ3) is 4.60. The van der Waals surface area contributed by atoms with Crippen LogP contribution < -0.4 is 15.0 Å². The Morgan fingerprint density at radius 1 is 1.06 bits per heavy atom. The summed E-state index contributed by atoms with van der Waals surface area (Å²) >= 11 is 5.21. The Labute approximate surface area is 200 Å². The molecule has 3 aromatic rings. The van der Waals surface area contributed by atoms with Gasteiger partial charge in [0.05, 0.1) is 25.0 Å². The second kappa shape index (κ2) is 9.72. The molecule has 1 aliphatic rings. The first-order valence-electron chi connectivity index (χ1n) is 10.3. The van der Waals surface area contributed by atoms with Gasteiger partial charge in [-0.25, -0.2) is 4.79 Å². The fraction of sp³-hybridized carbons (Fsp3) is 0.120. The highest BCUT2D eigenvalue weighted by atomic mass is 32.1. The summed E-state index contributed by atoms with van der Waals surface area (Å²) in [5.41, 5.74) is 1.52. The lowest BCUT2D eigenvalue weighted by Crippen LogP contribution is -2.54. The van der Waals surface area contributed by atoms with Crippen LogP contribution in [0.15, 0.2) is 70.7 Å². The molecule has 0 atom stereocenters. The minimum atomic E-state index is -0.614.